The molecule has 4 N–H and O–H groups in total. The first-order valence-electron chi connectivity index (χ1n) is 12.3. The van der Waals surface area contributed by atoms with E-state index in [9.17, 15) is 4.79 Å². The van der Waals surface area contributed by atoms with E-state index in [0.29, 0.717) is 43.3 Å². The monoisotopic (exact) mass is 679 g/mol. The third-order valence-electron chi connectivity index (χ3n) is 5.47. The molecule has 0 unspecified atom stereocenters. The van der Waals surface area contributed by atoms with Crippen molar-refractivity contribution < 1.29 is 39.1 Å². The number of phenols is 2. The molecule has 2 aliphatic heterocycles. The van der Waals surface area contributed by atoms with Gasteiger partial charge in [-0.25, -0.2) is 4.79 Å². The fourth-order valence-electron chi connectivity index (χ4n) is 3.62. The Labute approximate surface area is 248 Å². The van der Waals surface area contributed by atoms with Crippen LogP contribution in [0.2, 0.25) is 0 Å². The van der Waals surface area contributed by atoms with E-state index >= 15 is 0 Å². The van der Waals surface area contributed by atoms with E-state index in [1.807, 2.05) is 32.0 Å². The second-order valence-electron chi connectivity index (χ2n) is 8.57. The number of benzene rings is 3. The second kappa shape index (κ2) is 15.3. The molecule has 0 aliphatic carbocycles. The Bertz CT molecular complexity index is 1420. The molecule has 214 valence electrons. The molecule has 1 aromatic heterocycles. The third kappa shape index (κ3) is 8.72. The molecular weight excluding hydrogens is 650 g/mol. The van der Waals surface area contributed by atoms with Gasteiger partial charge in [0.2, 0.25) is 0 Å². The topological polar surface area (TPSA) is 130 Å². The van der Waals surface area contributed by atoms with Crippen LogP contribution in [0.5, 0.6) is 34.5 Å². The standard InChI is InChI=1S/C11H9NO4.C9H10O2.C7H8O2.C2H4Br2/c13-11(14)7-5-12-8-4-10-9(3-6(7)8)15-1-2-16-10;1-7-2-3-8-9(6-7)11-5-4-10-8;1-5-2-3-6(8)7(9)4-5;3-1-2-4/h3-5,12H,1-2H2,(H,13,14);2-3,6H,4-5H2,1H3;2-4,8-9H,1H3;1-2H2. The Balaban J connectivity index is 0.000000161. The highest BCUT2D eigenvalue weighted by molar-refractivity contribution is 9.11. The zero-order valence-corrected chi connectivity index (χ0v) is 25.2. The molecule has 0 amide bonds. The van der Waals surface area contributed by atoms with E-state index in [1.54, 1.807) is 18.2 Å². The number of carboxylic acids is 1. The van der Waals surface area contributed by atoms with Crippen molar-refractivity contribution in [2.24, 2.45) is 0 Å². The lowest BCUT2D eigenvalue weighted by Crippen LogP contribution is -2.15. The van der Waals surface area contributed by atoms with Gasteiger partial charge in [0.05, 0.1) is 11.1 Å². The van der Waals surface area contributed by atoms with E-state index in [4.69, 9.17) is 34.3 Å². The number of aromatic hydroxyl groups is 2. The summed E-state index contributed by atoms with van der Waals surface area (Å²) in [7, 11) is 0. The van der Waals surface area contributed by atoms with Crippen molar-refractivity contribution in [3.05, 3.63) is 71.4 Å². The van der Waals surface area contributed by atoms with Crippen molar-refractivity contribution >= 4 is 48.7 Å². The van der Waals surface area contributed by atoms with Crippen molar-refractivity contribution in [3.8, 4) is 34.5 Å². The molecule has 40 heavy (non-hydrogen) atoms. The number of aromatic carboxylic acids is 1. The number of carboxylic acid groups (broad SMARTS) is 1. The SMILES string of the molecule is BrCCBr.Cc1ccc(O)c(O)c1.Cc1ccc2c(c1)OCCO2.O=C(O)c1c[nH]c2cc3c(cc12)OCCO3. The Morgan fingerprint density at radius 2 is 1.27 bits per heavy atom. The summed E-state index contributed by atoms with van der Waals surface area (Å²) in [6, 6.07) is 14.1. The lowest BCUT2D eigenvalue weighted by atomic mass is 10.1. The summed E-state index contributed by atoms with van der Waals surface area (Å²) in [5, 5.41) is 29.4. The van der Waals surface area contributed by atoms with Gasteiger partial charge < -0.3 is 39.3 Å². The van der Waals surface area contributed by atoms with E-state index in [1.165, 1.54) is 23.9 Å². The molecule has 0 radical (unpaired) electrons. The van der Waals surface area contributed by atoms with E-state index in [0.717, 1.165) is 33.2 Å². The van der Waals surface area contributed by atoms with E-state index in [2.05, 4.69) is 36.8 Å². The minimum absolute atomic E-state index is 0.0602. The van der Waals surface area contributed by atoms with Gasteiger partial charge in [0.25, 0.3) is 0 Å². The van der Waals surface area contributed by atoms with Crippen LogP contribution in [0, 0.1) is 13.8 Å². The Morgan fingerprint density at radius 3 is 1.82 bits per heavy atom. The molecule has 6 rings (SSSR count). The van der Waals surface area contributed by atoms with Crippen molar-refractivity contribution in [1.29, 1.82) is 0 Å². The molecule has 2 aliphatic rings. The Kier molecular flexibility index (Phi) is 11.8. The number of fused-ring (bicyclic) bond motifs is 3. The summed E-state index contributed by atoms with van der Waals surface area (Å²) >= 11 is 6.40. The number of aromatic amines is 1. The first-order chi connectivity index (χ1) is 19.2. The highest BCUT2D eigenvalue weighted by atomic mass is 79.9. The second-order valence-corrected chi connectivity index (χ2v) is 10.2. The highest BCUT2D eigenvalue weighted by Gasteiger charge is 2.17. The first kappa shape index (κ1) is 31.0. The number of aromatic nitrogens is 1. The van der Waals surface area contributed by atoms with Crippen LogP contribution >= 0.6 is 31.9 Å². The quantitative estimate of drug-likeness (QED) is 0.138. The van der Waals surface area contributed by atoms with Gasteiger partial charge in [-0.15, -0.1) is 0 Å². The molecule has 11 heteroatoms. The summed E-state index contributed by atoms with van der Waals surface area (Å²) in [6.45, 7) is 6.22. The molecule has 0 atom stereocenters. The number of phenolic OH excluding ortho intramolecular Hbond substituents is 2. The summed E-state index contributed by atoms with van der Waals surface area (Å²) in [4.78, 5) is 13.9. The fraction of sp³-hybridized carbons (Fsp3) is 0.276. The summed E-state index contributed by atoms with van der Waals surface area (Å²) in [6.07, 6.45) is 1.47. The zero-order chi connectivity index (χ0) is 29.1. The first-order valence-corrected chi connectivity index (χ1v) is 14.6. The van der Waals surface area contributed by atoms with Crippen molar-refractivity contribution in [2.45, 2.75) is 13.8 Å². The molecule has 4 aromatic rings. The lowest BCUT2D eigenvalue weighted by molar-refractivity contribution is 0.0699. The van der Waals surface area contributed by atoms with E-state index < -0.39 is 5.97 Å². The predicted octanol–water partition coefficient (Wildman–Crippen LogP) is 6.59. The van der Waals surface area contributed by atoms with Crippen LogP contribution in [-0.4, -0.2) is 63.4 Å². The molecule has 0 spiro atoms. The number of rotatable bonds is 2. The van der Waals surface area contributed by atoms with Gasteiger partial charge in [-0.2, -0.15) is 0 Å². The van der Waals surface area contributed by atoms with Crippen LogP contribution < -0.4 is 18.9 Å². The van der Waals surface area contributed by atoms with Gasteiger partial charge in [-0.3, -0.25) is 0 Å². The van der Waals surface area contributed by atoms with Gasteiger partial charge in [-0.1, -0.05) is 44.0 Å². The predicted molar refractivity (Wildman–Crippen MR) is 161 cm³/mol. The molecule has 0 saturated carbocycles. The number of carbonyl (C=O) groups is 1. The maximum atomic E-state index is 11.0. The number of nitrogens with one attached hydrogen (secondary N) is 1. The smallest absolute Gasteiger partial charge is 0.337 e. The maximum Gasteiger partial charge on any atom is 0.337 e. The van der Waals surface area contributed by atoms with Crippen molar-refractivity contribution in [3.63, 3.8) is 0 Å². The number of hydrogen-bond donors (Lipinski definition) is 4. The minimum atomic E-state index is -0.956. The van der Waals surface area contributed by atoms with Gasteiger partial charge in [0.15, 0.2) is 34.5 Å². The molecular formula is C29H31Br2NO8. The molecule has 3 aromatic carbocycles. The minimum Gasteiger partial charge on any atom is -0.504 e. The van der Waals surface area contributed by atoms with E-state index in [-0.39, 0.29) is 17.1 Å². The molecule has 0 fully saturated rings. The van der Waals surface area contributed by atoms with Crippen molar-refractivity contribution in [2.75, 3.05) is 37.1 Å². The van der Waals surface area contributed by atoms with Crippen LogP contribution in [0.1, 0.15) is 21.5 Å². The summed E-state index contributed by atoms with van der Waals surface area (Å²) < 4.78 is 21.5. The van der Waals surface area contributed by atoms with Crippen LogP contribution in [0.15, 0.2) is 54.7 Å². The van der Waals surface area contributed by atoms with Crippen molar-refractivity contribution in [1.82, 2.24) is 4.98 Å². The third-order valence-corrected chi connectivity index (χ3v) is 7.33. The largest absolute Gasteiger partial charge is 0.504 e. The lowest BCUT2D eigenvalue weighted by Gasteiger charge is -2.18. The number of halogens is 2. The molecule has 3 heterocycles. The normalized spacial score (nSPS) is 12.5. The van der Waals surface area contributed by atoms with Gasteiger partial charge in [-0.05, 0) is 55.3 Å². The number of hydrogen-bond acceptors (Lipinski definition) is 7. The molecule has 0 saturated heterocycles. The van der Waals surface area contributed by atoms with Crippen LogP contribution in [-0.2, 0) is 0 Å². The number of alkyl halides is 2. The Morgan fingerprint density at radius 1 is 0.750 bits per heavy atom. The summed E-state index contributed by atoms with van der Waals surface area (Å²) in [5.74, 6) is 1.90. The number of H-pyrrole nitrogens is 1. The molecule has 9 nitrogen and oxygen atoms in total. The van der Waals surface area contributed by atoms with Crippen LogP contribution in [0.3, 0.4) is 0 Å². The van der Waals surface area contributed by atoms with Gasteiger partial charge in [0.1, 0.15) is 26.4 Å². The average molecular weight is 681 g/mol. The van der Waals surface area contributed by atoms with Gasteiger partial charge >= 0.3 is 5.97 Å². The molecule has 0 bridgehead atoms. The van der Waals surface area contributed by atoms with Crippen LogP contribution in [0.25, 0.3) is 10.9 Å². The highest BCUT2D eigenvalue weighted by Crippen LogP contribution is 2.35. The maximum absolute atomic E-state index is 11.0. The number of ether oxygens (including phenoxy) is 4. The Hall–Kier alpha value is -3.57. The average Bonchev–Trinajstić information content (AvgIpc) is 3.38. The fourth-order valence-corrected chi connectivity index (χ4v) is 3.62. The zero-order valence-electron chi connectivity index (χ0n) is 22.1. The van der Waals surface area contributed by atoms with Crippen LogP contribution in [0.4, 0.5) is 0 Å². The van der Waals surface area contributed by atoms with Gasteiger partial charge in [0, 0.05) is 28.3 Å². The number of aryl methyl sites for hydroxylation is 2. The summed E-state index contributed by atoms with van der Waals surface area (Å²) in [5.41, 5.74) is 3.12.